The van der Waals surface area contributed by atoms with Crippen molar-refractivity contribution in [3.05, 3.63) is 29.8 Å². The fourth-order valence-corrected chi connectivity index (χ4v) is 1.74. The molecule has 1 saturated heterocycles. The van der Waals surface area contributed by atoms with Gasteiger partial charge in [-0.3, -0.25) is 0 Å². The van der Waals surface area contributed by atoms with Gasteiger partial charge >= 0.3 is 0 Å². The number of anilines is 1. The second-order valence-electron chi connectivity index (χ2n) is 3.60. The van der Waals surface area contributed by atoms with Crippen molar-refractivity contribution < 1.29 is 9.94 Å². The molecule has 1 heterocycles. The highest BCUT2D eigenvalue weighted by Gasteiger charge is 2.10. The van der Waals surface area contributed by atoms with E-state index in [2.05, 4.69) is 22.5 Å². The van der Waals surface area contributed by atoms with Crippen LogP contribution < -0.4 is 10.4 Å². The summed E-state index contributed by atoms with van der Waals surface area (Å²) < 4.78 is 5.30. The Morgan fingerprint density at radius 2 is 1.87 bits per heavy atom. The summed E-state index contributed by atoms with van der Waals surface area (Å²) in [5, 5.41) is 8.56. The Morgan fingerprint density at radius 3 is 2.47 bits per heavy atom. The van der Waals surface area contributed by atoms with Crippen LogP contribution >= 0.6 is 0 Å². The highest BCUT2D eigenvalue weighted by Crippen LogP contribution is 2.16. The summed E-state index contributed by atoms with van der Waals surface area (Å²) in [4.78, 5) is 2.31. The summed E-state index contributed by atoms with van der Waals surface area (Å²) in [7, 11) is 0. The molecule has 1 aromatic carbocycles. The van der Waals surface area contributed by atoms with Crippen LogP contribution in [0.5, 0.6) is 0 Å². The lowest BCUT2D eigenvalue weighted by atomic mass is 10.2. The smallest absolute Gasteiger partial charge is 0.0642 e. The number of hydrogen-bond acceptors (Lipinski definition) is 4. The maximum absolute atomic E-state index is 8.56. The van der Waals surface area contributed by atoms with Crippen LogP contribution in [0.25, 0.3) is 0 Å². The van der Waals surface area contributed by atoms with Crippen LogP contribution in [0.2, 0.25) is 0 Å². The van der Waals surface area contributed by atoms with Gasteiger partial charge in [0.1, 0.15) is 0 Å². The minimum atomic E-state index is 0.489. The molecule has 1 fully saturated rings. The average molecular weight is 208 g/mol. The number of hydrogen-bond donors (Lipinski definition) is 2. The van der Waals surface area contributed by atoms with Gasteiger partial charge in [-0.1, -0.05) is 12.1 Å². The molecule has 1 aliphatic heterocycles. The first-order chi connectivity index (χ1) is 7.40. The number of nitrogens with zero attached hydrogens (tertiary/aromatic N) is 1. The van der Waals surface area contributed by atoms with Crippen molar-refractivity contribution in [2.75, 3.05) is 31.2 Å². The summed E-state index contributed by atoms with van der Waals surface area (Å²) in [6, 6.07) is 8.21. The number of morpholine rings is 1. The van der Waals surface area contributed by atoms with Gasteiger partial charge in [0.25, 0.3) is 0 Å². The van der Waals surface area contributed by atoms with Gasteiger partial charge in [0.15, 0.2) is 0 Å². The van der Waals surface area contributed by atoms with E-state index >= 15 is 0 Å². The monoisotopic (exact) mass is 208 g/mol. The number of ether oxygens (including phenoxy) is 1. The van der Waals surface area contributed by atoms with Crippen molar-refractivity contribution in [3.8, 4) is 0 Å². The molecule has 0 radical (unpaired) electrons. The fraction of sp³-hybridized carbons (Fsp3) is 0.455. The molecule has 15 heavy (non-hydrogen) atoms. The quantitative estimate of drug-likeness (QED) is 0.727. The lowest BCUT2D eigenvalue weighted by Gasteiger charge is -2.28. The summed E-state index contributed by atoms with van der Waals surface area (Å²) in [5.74, 6) is 0. The predicted molar refractivity (Wildman–Crippen MR) is 58.1 cm³/mol. The third-order valence-electron chi connectivity index (χ3n) is 2.60. The summed E-state index contributed by atoms with van der Waals surface area (Å²) >= 11 is 0. The Morgan fingerprint density at radius 1 is 1.20 bits per heavy atom. The van der Waals surface area contributed by atoms with Gasteiger partial charge in [0.2, 0.25) is 0 Å². The zero-order valence-corrected chi connectivity index (χ0v) is 8.65. The molecular weight excluding hydrogens is 192 g/mol. The Bertz CT molecular complexity index is 294. The van der Waals surface area contributed by atoms with Crippen molar-refractivity contribution in [1.82, 2.24) is 5.48 Å². The van der Waals surface area contributed by atoms with Crippen molar-refractivity contribution in [2.24, 2.45) is 0 Å². The highest BCUT2D eigenvalue weighted by atomic mass is 16.5. The largest absolute Gasteiger partial charge is 0.378 e. The molecule has 2 N–H and O–H groups in total. The van der Waals surface area contributed by atoms with Crippen LogP contribution in [0.4, 0.5) is 5.69 Å². The first-order valence-electron chi connectivity index (χ1n) is 5.19. The topological polar surface area (TPSA) is 44.7 Å². The SMILES string of the molecule is ONCc1ccc(N2CCOCC2)cc1. The molecule has 0 aliphatic carbocycles. The predicted octanol–water partition coefficient (Wildman–Crippen LogP) is 1.00. The number of rotatable bonds is 3. The van der Waals surface area contributed by atoms with E-state index in [4.69, 9.17) is 9.94 Å². The van der Waals surface area contributed by atoms with Crippen molar-refractivity contribution in [3.63, 3.8) is 0 Å². The van der Waals surface area contributed by atoms with E-state index < -0.39 is 0 Å². The van der Waals surface area contributed by atoms with Crippen LogP contribution in [-0.4, -0.2) is 31.5 Å². The Balaban J connectivity index is 2.02. The van der Waals surface area contributed by atoms with E-state index in [0.29, 0.717) is 6.54 Å². The maximum Gasteiger partial charge on any atom is 0.0642 e. The summed E-state index contributed by atoms with van der Waals surface area (Å²) in [6.45, 7) is 4.01. The lowest BCUT2D eigenvalue weighted by Crippen LogP contribution is -2.36. The lowest BCUT2D eigenvalue weighted by molar-refractivity contribution is 0.122. The molecule has 2 rings (SSSR count). The molecule has 0 aromatic heterocycles. The Kier molecular flexibility index (Phi) is 3.55. The van der Waals surface area contributed by atoms with Gasteiger partial charge in [0.05, 0.1) is 13.2 Å². The van der Waals surface area contributed by atoms with Gasteiger partial charge in [-0.05, 0) is 17.7 Å². The van der Waals surface area contributed by atoms with Gasteiger partial charge in [0, 0.05) is 25.3 Å². The molecule has 82 valence electrons. The number of benzene rings is 1. The summed E-state index contributed by atoms with van der Waals surface area (Å²) in [5.41, 5.74) is 4.45. The molecule has 0 saturated carbocycles. The standard InChI is InChI=1S/C11H16N2O2/c14-12-9-10-1-3-11(4-2-10)13-5-7-15-8-6-13/h1-4,12,14H,5-9H2. The molecule has 0 bridgehead atoms. The molecule has 0 unspecified atom stereocenters. The fourth-order valence-electron chi connectivity index (χ4n) is 1.74. The van der Waals surface area contributed by atoms with E-state index in [0.717, 1.165) is 31.9 Å². The van der Waals surface area contributed by atoms with E-state index in [1.807, 2.05) is 12.1 Å². The van der Waals surface area contributed by atoms with Crippen molar-refractivity contribution in [2.45, 2.75) is 6.54 Å². The third kappa shape index (κ3) is 2.68. The van der Waals surface area contributed by atoms with Gasteiger partial charge in [-0.2, -0.15) is 0 Å². The van der Waals surface area contributed by atoms with E-state index in [9.17, 15) is 0 Å². The normalized spacial score (nSPS) is 16.7. The molecule has 4 heteroatoms. The average Bonchev–Trinajstić information content (AvgIpc) is 2.32. The Hall–Kier alpha value is -1.10. The Labute approximate surface area is 89.4 Å². The molecular formula is C11H16N2O2. The molecule has 1 aliphatic rings. The van der Waals surface area contributed by atoms with Gasteiger partial charge in [-0.25, -0.2) is 5.48 Å². The molecule has 0 amide bonds. The zero-order chi connectivity index (χ0) is 10.5. The van der Waals surface area contributed by atoms with E-state index in [-0.39, 0.29) is 0 Å². The van der Waals surface area contributed by atoms with Crippen LogP contribution in [-0.2, 0) is 11.3 Å². The van der Waals surface area contributed by atoms with E-state index in [1.165, 1.54) is 5.69 Å². The van der Waals surface area contributed by atoms with Crippen LogP contribution in [0, 0.1) is 0 Å². The van der Waals surface area contributed by atoms with Crippen LogP contribution in [0.3, 0.4) is 0 Å². The van der Waals surface area contributed by atoms with Gasteiger partial charge < -0.3 is 14.8 Å². The minimum absolute atomic E-state index is 0.489. The highest BCUT2D eigenvalue weighted by molar-refractivity contribution is 5.47. The molecule has 4 nitrogen and oxygen atoms in total. The first kappa shape index (κ1) is 10.4. The first-order valence-corrected chi connectivity index (χ1v) is 5.19. The number of hydroxylamine groups is 1. The zero-order valence-electron chi connectivity index (χ0n) is 8.65. The second kappa shape index (κ2) is 5.11. The third-order valence-corrected chi connectivity index (χ3v) is 2.60. The maximum atomic E-state index is 8.56. The van der Waals surface area contributed by atoms with Crippen LogP contribution in [0.15, 0.2) is 24.3 Å². The summed E-state index contributed by atoms with van der Waals surface area (Å²) in [6.07, 6.45) is 0. The van der Waals surface area contributed by atoms with Crippen molar-refractivity contribution >= 4 is 5.69 Å². The molecule has 0 spiro atoms. The second-order valence-corrected chi connectivity index (χ2v) is 3.60. The van der Waals surface area contributed by atoms with E-state index in [1.54, 1.807) is 0 Å². The van der Waals surface area contributed by atoms with Crippen LogP contribution in [0.1, 0.15) is 5.56 Å². The molecule has 0 atom stereocenters. The minimum Gasteiger partial charge on any atom is -0.378 e. The number of nitrogens with one attached hydrogen (secondary N) is 1. The molecule has 1 aromatic rings. The van der Waals surface area contributed by atoms with Gasteiger partial charge in [-0.15, -0.1) is 0 Å². The van der Waals surface area contributed by atoms with Crippen molar-refractivity contribution in [1.29, 1.82) is 0 Å².